The third kappa shape index (κ3) is 3.60. The van der Waals surface area contributed by atoms with Crippen molar-refractivity contribution in [3.8, 4) is 11.5 Å². The molecule has 0 saturated carbocycles. The first kappa shape index (κ1) is 18.1. The van der Waals surface area contributed by atoms with Gasteiger partial charge in [-0.15, -0.1) is 0 Å². The molecule has 0 spiro atoms. The van der Waals surface area contributed by atoms with E-state index >= 15 is 0 Å². The molecule has 1 aliphatic heterocycles. The van der Waals surface area contributed by atoms with Crippen molar-refractivity contribution in [2.24, 2.45) is 0 Å². The second-order valence-corrected chi connectivity index (χ2v) is 6.56. The van der Waals surface area contributed by atoms with Crippen molar-refractivity contribution in [3.63, 3.8) is 0 Å². The summed E-state index contributed by atoms with van der Waals surface area (Å²) in [6, 6.07) is 13.4. The van der Waals surface area contributed by atoms with E-state index in [0.29, 0.717) is 18.0 Å². The van der Waals surface area contributed by atoms with Crippen LogP contribution in [0.5, 0.6) is 11.5 Å². The number of ether oxygens (including phenoxy) is 2. The molecule has 3 rings (SSSR count). The van der Waals surface area contributed by atoms with Gasteiger partial charge in [-0.3, -0.25) is 4.90 Å². The van der Waals surface area contributed by atoms with Gasteiger partial charge in [0.05, 0.1) is 19.9 Å². The molecule has 1 N–H and O–H groups in total. The number of amides is 2. The number of hydrogen-bond acceptors (Lipinski definition) is 4. The fraction of sp³-hybridized carbons (Fsp3) is 0.350. The molecule has 2 aromatic carbocycles. The summed E-state index contributed by atoms with van der Waals surface area (Å²) in [7, 11) is 7.29. The van der Waals surface area contributed by atoms with E-state index in [1.807, 2.05) is 56.6 Å². The third-order valence-corrected chi connectivity index (χ3v) is 4.72. The highest BCUT2D eigenvalue weighted by Gasteiger charge is 2.31. The number of anilines is 2. The number of fused-ring (bicyclic) bond motifs is 1. The maximum Gasteiger partial charge on any atom is 0.326 e. The van der Waals surface area contributed by atoms with Gasteiger partial charge in [0.25, 0.3) is 0 Å². The van der Waals surface area contributed by atoms with Crippen LogP contribution in [0.15, 0.2) is 42.5 Å². The van der Waals surface area contributed by atoms with Crippen molar-refractivity contribution >= 4 is 17.4 Å². The Bertz CT molecular complexity index is 777. The van der Waals surface area contributed by atoms with E-state index in [0.717, 1.165) is 23.4 Å². The van der Waals surface area contributed by atoms with Gasteiger partial charge in [0.2, 0.25) is 0 Å². The molecule has 0 aromatic heterocycles. The maximum atomic E-state index is 13.0. The molecule has 0 fully saturated rings. The second-order valence-electron chi connectivity index (χ2n) is 6.56. The Morgan fingerprint density at radius 3 is 2.38 bits per heavy atom. The zero-order valence-electron chi connectivity index (χ0n) is 15.7. The van der Waals surface area contributed by atoms with E-state index in [1.54, 1.807) is 19.1 Å². The average Bonchev–Trinajstić information content (AvgIpc) is 2.66. The van der Waals surface area contributed by atoms with Crippen molar-refractivity contribution in [2.75, 3.05) is 45.1 Å². The van der Waals surface area contributed by atoms with E-state index in [9.17, 15) is 4.79 Å². The number of hydrogen-bond donors (Lipinski definition) is 1. The summed E-state index contributed by atoms with van der Waals surface area (Å²) in [5, 5.41) is 2.97. The van der Waals surface area contributed by atoms with Gasteiger partial charge < -0.3 is 19.7 Å². The Balaban J connectivity index is 1.97. The van der Waals surface area contributed by atoms with Crippen molar-refractivity contribution in [1.82, 2.24) is 4.90 Å². The Morgan fingerprint density at radius 1 is 1.12 bits per heavy atom. The van der Waals surface area contributed by atoms with Gasteiger partial charge in [0.15, 0.2) is 11.5 Å². The van der Waals surface area contributed by atoms with E-state index in [2.05, 4.69) is 10.2 Å². The Morgan fingerprint density at radius 2 is 1.77 bits per heavy atom. The van der Waals surface area contributed by atoms with Gasteiger partial charge >= 0.3 is 6.03 Å². The van der Waals surface area contributed by atoms with E-state index < -0.39 is 0 Å². The predicted molar refractivity (Wildman–Crippen MR) is 104 cm³/mol. The molecule has 1 unspecified atom stereocenters. The number of para-hydroxylation sites is 1. The first-order valence-corrected chi connectivity index (χ1v) is 8.58. The Kier molecular flexibility index (Phi) is 5.32. The number of nitrogens with zero attached hydrogens (tertiary/aromatic N) is 2. The van der Waals surface area contributed by atoms with Gasteiger partial charge in [-0.05, 0) is 44.3 Å². The number of urea groups is 1. The molecular formula is C20H25N3O3. The number of nitrogens with one attached hydrogen (secondary N) is 1. The minimum Gasteiger partial charge on any atom is -0.493 e. The van der Waals surface area contributed by atoms with Crippen molar-refractivity contribution in [3.05, 3.63) is 48.0 Å². The number of likely N-dealkylation sites (N-methyl/N-ethyl adjacent to an activating group) is 1. The molecule has 0 bridgehead atoms. The quantitative estimate of drug-likeness (QED) is 0.915. The summed E-state index contributed by atoms with van der Waals surface area (Å²) in [4.78, 5) is 16.9. The maximum absolute atomic E-state index is 13.0. The number of carbonyl (C=O) groups excluding carboxylic acids is 1. The monoisotopic (exact) mass is 355 g/mol. The highest BCUT2D eigenvalue weighted by molar-refractivity contribution is 6.03. The fourth-order valence-corrected chi connectivity index (χ4v) is 3.20. The molecule has 26 heavy (non-hydrogen) atoms. The van der Waals surface area contributed by atoms with Crippen LogP contribution in [-0.4, -0.2) is 51.8 Å². The van der Waals surface area contributed by atoms with Gasteiger partial charge in [0, 0.05) is 24.3 Å². The first-order chi connectivity index (χ1) is 12.5. The van der Waals surface area contributed by atoms with E-state index in [4.69, 9.17) is 9.47 Å². The highest BCUT2D eigenvalue weighted by atomic mass is 16.5. The lowest BCUT2D eigenvalue weighted by Crippen LogP contribution is -2.49. The molecule has 2 amide bonds. The SMILES string of the molecule is COc1cc2c(cc1OC)N(C(=O)Nc1ccccc1)CC(N(C)C)C2. The first-order valence-electron chi connectivity index (χ1n) is 8.58. The summed E-state index contributed by atoms with van der Waals surface area (Å²) in [6.07, 6.45) is 0.845. The third-order valence-electron chi connectivity index (χ3n) is 4.72. The lowest BCUT2D eigenvalue weighted by molar-refractivity contribution is 0.247. The molecule has 6 heteroatoms. The van der Waals surface area contributed by atoms with Gasteiger partial charge in [-0.25, -0.2) is 4.79 Å². The molecule has 2 aromatic rings. The van der Waals surface area contributed by atoms with Crippen molar-refractivity contribution in [2.45, 2.75) is 12.5 Å². The van der Waals surface area contributed by atoms with Gasteiger partial charge in [-0.1, -0.05) is 18.2 Å². The largest absolute Gasteiger partial charge is 0.493 e. The van der Waals surface area contributed by atoms with Crippen LogP contribution in [0.3, 0.4) is 0 Å². The zero-order chi connectivity index (χ0) is 18.7. The zero-order valence-corrected chi connectivity index (χ0v) is 15.7. The van der Waals surface area contributed by atoms with Crippen molar-refractivity contribution < 1.29 is 14.3 Å². The molecule has 0 saturated heterocycles. The fourth-order valence-electron chi connectivity index (χ4n) is 3.20. The molecule has 1 aliphatic rings. The summed E-state index contributed by atoms with van der Waals surface area (Å²) >= 11 is 0. The minimum atomic E-state index is -0.156. The molecule has 1 heterocycles. The molecule has 1 atom stereocenters. The minimum absolute atomic E-state index is 0.156. The standard InChI is InChI=1S/C20H25N3O3/c1-22(2)16-10-14-11-18(25-3)19(26-4)12-17(14)23(13-16)20(24)21-15-8-6-5-7-9-15/h5-9,11-12,16H,10,13H2,1-4H3,(H,21,24). The number of rotatable bonds is 4. The van der Waals surface area contributed by atoms with Crippen LogP contribution in [0.2, 0.25) is 0 Å². The Labute approximate surface area is 154 Å². The van der Waals surface area contributed by atoms with Crippen LogP contribution in [0.25, 0.3) is 0 Å². The second kappa shape index (κ2) is 7.66. The predicted octanol–water partition coefficient (Wildman–Crippen LogP) is 3.23. The normalized spacial score (nSPS) is 16.2. The molecule has 0 aliphatic carbocycles. The molecule has 0 radical (unpaired) electrons. The topological polar surface area (TPSA) is 54.0 Å². The van der Waals surface area contributed by atoms with Crippen LogP contribution in [0.4, 0.5) is 16.2 Å². The molecule has 138 valence electrons. The lowest BCUT2D eigenvalue weighted by atomic mass is 9.96. The lowest BCUT2D eigenvalue weighted by Gasteiger charge is -2.38. The van der Waals surface area contributed by atoms with Crippen LogP contribution >= 0.6 is 0 Å². The van der Waals surface area contributed by atoms with Crippen LogP contribution < -0.4 is 19.7 Å². The smallest absolute Gasteiger partial charge is 0.326 e. The summed E-state index contributed by atoms with van der Waals surface area (Å²) < 4.78 is 10.9. The van der Waals surface area contributed by atoms with Gasteiger partial charge in [-0.2, -0.15) is 0 Å². The number of methoxy groups -OCH3 is 2. The summed E-state index contributed by atoms with van der Waals surface area (Å²) in [5.41, 5.74) is 2.69. The molecule has 6 nitrogen and oxygen atoms in total. The summed E-state index contributed by atoms with van der Waals surface area (Å²) in [5.74, 6) is 1.29. The van der Waals surface area contributed by atoms with E-state index in [-0.39, 0.29) is 12.1 Å². The molecular weight excluding hydrogens is 330 g/mol. The summed E-state index contributed by atoms with van der Waals surface area (Å²) in [6.45, 7) is 0.605. The van der Waals surface area contributed by atoms with Crippen LogP contribution in [0, 0.1) is 0 Å². The number of carbonyl (C=O) groups is 1. The average molecular weight is 355 g/mol. The number of benzene rings is 2. The van der Waals surface area contributed by atoms with Gasteiger partial charge in [0.1, 0.15) is 0 Å². The van der Waals surface area contributed by atoms with Crippen LogP contribution in [-0.2, 0) is 6.42 Å². The van der Waals surface area contributed by atoms with E-state index in [1.165, 1.54) is 0 Å². The van der Waals surface area contributed by atoms with Crippen LogP contribution in [0.1, 0.15) is 5.56 Å². The van der Waals surface area contributed by atoms with Crippen molar-refractivity contribution in [1.29, 1.82) is 0 Å². The highest BCUT2D eigenvalue weighted by Crippen LogP contribution is 2.38. The Hall–Kier alpha value is -2.73.